The van der Waals surface area contributed by atoms with Gasteiger partial charge in [-0.1, -0.05) is 29.8 Å². The van der Waals surface area contributed by atoms with Crippen molar-refractivity contribution in [2.45, 2.75) is 32.6 Å². The number of nitrogens with zero attached hydrogens (tertiary/aromatic N) is 1. The molecule has 1 heterocycles. The van der Waals surface area contributed by atoms with Crippen molar-refractivity contribution < 1.29 is 19.4 Å². The molecule has 0 saturated carbocycles. The van der Waals surface area contributed by atoms with Crippen LogP contribution in [0.25, 0.3) is 0 Å². The highest BCUT2D eigenvalue weighted by Gasteiger charge is 2.27. The summed E-state index contributed by atoms with van der Waals surface area (Å²) in [6.07, 6.45) is 1.02. The molecular weight excluding hydrogens is 362 g/mol. The number of hydrogen-bond acceptors (Lipinski definition) is 3. The summed E-state index contributed by atoms with van der Waals surface area (Å²) < 4.78 is 6.70. The van der Waals surface area contributed by atoms with Gasteiger partial charge in [-0.05, 0) is 42.5 Å². The van der Waals surface area contributed by atoms with Gasteiger partial charge in [0.1, 0.15) is 5.75 Å². The predicted octanol–water partition coefficient (Wildman–Crippen LogP) is 3.27. The van der Waals surface area contributed by atoms with Crippen molar-refractivity contribution in [1.29, 1.82) is 0 Å². The maximum atomic E-state index is 12.2. The van der Waals surface area contributed by atoms with E-state index >= 15 is 0 Å². The SMILES string of the molecule is CC(C)c1cc(Br)ccc1OCC(=O)N1CCC(C(=O)O)CC1. The van der Waals surface area contributed by atoms with Gasteiger partial charge in [0.15, 0.2) is 6.61 Å². The van der Waals surface area contributed by atoms with Gasteiger partial charge in [0.05, 0.1) is 5.92 Å². The van der Waals surface area contributed by atoms with Crippen molar-refractivity contribution in [3.63, 3.8) is 0 Å². The standard InChI is InChI=1S/C17H22BrNO4/c1-11(2)14-9-13(18)3-4-15(14)23-10-16(20)19-7-5-12(6-8-19)17(21)22/h3-4,9,11-12H,5-8,10H2,1-2H3,(H,21,22). The lowest BCUT2D eigenvalue weighted by atomic mass is 9.97. The Morgan fingerprint density at radius 2 is 2.00 bits per heavy atom. The summed E-state index contributed by atoms with van der Waals surface area (Å²) in [5.74, 6) is -0.184. The van der Waals surface area contributed by atoms with Crippen molar-refractivity contribution in [2.24, 2.45) is 5.92 Å². The Morgan fingerprint density at radius 3 is 2.57 bits per heavy atom. The van der Waals surface area contributed by atoms with Crippen molar-refractivity contribution >= 4 is 27.8 Å². The van der Waals surface area contributed by atoms with Gasteiger partial charge >= 0.3 is 5.97 Å². The molecule has 0 aliphatic carbocycles. The van der Waals surface area contributed by atoms with Crippen molar-refractivity contribution in [3.05, 3.63) is 28.2 Å². The van der Waals surface area contributed by atoms with Gasteiger partial charge in [-0.15, -0.1) is 0 Å². The van der Waals surface area contributed by atoms with E-state index in [9.17, 15) is 9.59 Å². The highest BCUT2D eigenvalue weighted by atomic mass is 79.9. The minimum absolute atomic E-state index is 0.0148. The maximum absolute atomic E-state index is 12.2. The highest BCUT2D eigenvalue weighted by molar-refractivity contribution is 9.10. The first-order valence-corrected chi connectivity index (χ1v) is 8.60. The molecule has 0 spiro atoms. The fraction of sp³-hybridized carbons (Fsp3) is 0.529. The van der Waals surface area contributed by atoms with E-state index in [0.29, 0.717) is 31.8 Å². The normalized spacial score (nSPS) is 15.7. The van der Waals surface area contributed by atoms with Gasteiger partial charge < -0.3 is 14.7 Å². The number of carbonyl (C=O) groups is 2. The van der Waals surface area contributed by atoms with E-state index in [1.54, 1.807) is 4.90 Å². The van der Waals surface area contributed by atoms with Crippen LogP contribution in [-0.4, -0.2) is 41.6 Å². The van der Waals surface area contributed by atoms with Crippen LogP contribution in [0.1, 0.15) is 38.2 Å². The first-order valence-electron chi connectivity index (χ1n) is 7.81. The second-order valence-corrected chi connectivity index (χ2v) is 7.03. The molecule has 1 aliphatic heterocycles. The van der Waals surface area contributed by atoms with Crippen LogP contribution in [0.5, 0.6) is 5.75 Å². The Bertz CT molecular complexity index is 580. The summed E-state index contributed by atoms with van der Waals surface area (Å²) in [7, 11) is 0. The van der Waals surface area contributed by atoms with E-state index in [2.05, 4.69) is 29.8 Å². The predicted molar refractivity (Wildman–Crippen MR) is 90.7 cm³/mol. The molecule has 0 radical (unpaired) electrons. The third-order valence-electron chi connectivity index (χ3n) is 4.14. The number of carbonyl (C=O) groups excluding carboxylic acids is 1. The van der Waals surface area contributed by atoms with Gasteiger partial charge in [0.2, 0.25) is 0 Å². The third-order valence-corrected chi connectivity index (χ3v) is 4.64. The number of rotatable bonds is 5. The Kier molecular flexibility index (Phi) is 6.04. The Morgan fingerprint density at radius 1 is 1.35 bits per heavy atom. The molecule has 1 amide bonds. The molecule has 2 rings (SSSR count). The minimum atomic E-state index is -0.773. The number of amides is 1. The average Bonchev–Trinajstić information content (AvgIpc) is 2.53. The maximum Gasteiger partial charge on any atom is 0.306 e. The first kappa shape index (κ1) is 17.8. The lowest BCUT2D eigenvalue weighted by Crippen LogP contribution is -2.42. The highest BCUT2D eigenvalue weighted by Crippen LogP contribution is 2.29. The van der Waals surface area contributed by atoms with E-state index < -0.39 is 5.97 Å². The zero-order valence-corrected chi connectivity index (χ0v) is 15.0. The number of benzene rings is 1. The summed E-state index contributed by atoms with van der Waals surface area (Å²) in [5, 5.41) is 8.99. The van der Waals surface area contributed by atoms with Gasteiger partial charge in [0.25, 0.3) is 5.91 Å². The van der Waals surface area contributed by atoms with Gasteiger partial charge in [0, 0.05) is 17.6 Å². The van der Waals surface area contributed by atoms with Crippen LogP contribution in [0.4, 0.5) is 0 Å². The Hall–Kier alpha value is -1.56. The summed E-state index contributed by atoms with van der Waals surface area (Å²) in [4.78, 5) is 24.9. The minimum Gasteiger partial charge on any atom is -0.483 e. The zero-order valence-electron chi connectivity index (χ0n) is 13.4. The summed E-state index contributed by atoms with van der Waals surface area (Å²) in [6, 6.07) is 5.76. The van der Waals surface area contributed by atoms with Crippen LogP contribution in [-0.2, 0) is 9.59 Å². The molecule has 0 bridgehead atoms. The first-order chi connectivity index (χ1) is 10.9. The van der Waals surface area contributed by atoms with Gasteiger partial charge in [-0.3, -0.25) is 9.59 Å². The van der Waals surface area contributed by atoms with E-state index in [-0.39, 0.29) is 18.4 Å². The Labute approximate surface area is 144 Å². The van der Waals surface area contributed by atoms with Gasteiger partial charge in [-0.2, -0.15) is 0 Å². The van der Waals surface area contributed by atoms with Crippen LogP contribution in [0, 0.1) is 5.92 Å². The number of aliphatic carboxylic acids is 1. The molecule has 0 unspecified atom stereocenters. The average molecular weight is 384 g/mol. The second-order valence-electron chi connectivity index (χ2n) is 6.12. The smallest absolute Gasteiger partial charge is 0.306 e. The molecule has 1 N–H and O–H groups in total. The number of piperidine rings is 1. The molecule has 1 aromatic rings. The molecular formula is C17H22BrNO4. The number of likely N-dealkylation sites (tertiary alicyclic amines) is 1. The topological polar surface area (TPSA) is 66.8 Å². The van der Waals surface area contributed by atoms with E-state index in [0.717, 1.165) is 15.8 Å². The van der Waals surface area contributed by atoms with Crippen LogP contribution < -0.4 is 4.74 Å². The number of ether oxygens (including phenoxy) is 1. The number of carboxylic acids is 1. The Balaban J connectivity index is 1.91. The molecule has 1 saturated heterocycles. The monoisotopic (exact) mass is 383 g/mol. The molecule has 1 aromatic carbocycles. The molecule has 1 fully saturated rings. The lowest BCUT2D eigenvalue weighted by Gasteiger charge is -2.30. The second kappa shape index (κ2) is 7.81. The summed E-state index contributed by atoms with van der Waals surface area (Å²) >= 11 is 3.45. The summed E-state index contributed by atoms with van der Waals surface area (Å²) in [5.41, 5.74) is 1.05. The molecule has 0 aromatic heterocycles. The molecule has 1 aliphatic rings. The lowest BCUT2D eigenvalue weighted by molar-refractivity contribution is -0.146. The fourth-order valence-electron chi connectivity index (χ4n) is 2.71. The van der Waals surface area contributed by atoms with E-state index in [1.165, 1.54) is 0 Å². The molecule has 126 valence electrons. The molecule has 23 heavy (non-hydrogen) atoms. The number of hydrogen-bond donors (Lipinski definition) is 1. The summed E-state index contributed by atoms with van der Waals surface area (Å²) in [6.45, 7) is 5.10. The molecule has 5 nitrogen and oxygen atoms in total. The van der Waals surface area contributed by atoms with Crippen LogP contribution in [0.3, 0.4) is 0 Å². The van der Waals surface area contributed by atoms with Crippen LogP contribution >= 0.6 is 15.9 Å². The van der Waals surface area contributed by atoms with Gasteiger partial charge in [-0.25, -0.2) is 0 Å². The molecule has 0 atom stereocenters. The number of halogens is 1. The zero-order chi connectivity index (χ0) is 17.0. The van der Waals surface area contributed by atoms with Crippen LogP contribution in [0.15, 0.2) is 22.7 Å². The van der Waals surface area contributed by atoms with E-state index in [1.807, 2.05) is 18.2 Å². The quantitative estimate of drug-likeness (QED) is 0.846. The van der Waals surface area contributed by atoms with Crippen molar-refractivity contribution in [2.75, 3.05) is 19.7 Å². The largest absolute Gasteiger partial charge is 0.483 e. The van der Waals surface area contributed by atoms with Crippen molar-refractivity contribution in [1.82, 2.24) is 4.90 Å². The van der Waals surface area contributed by atoms with E-state index in [4.69, 9.17) is 9.84 Å². The third kappa shape index (κ3) is 4.70. The fourth-order valence-corrected chi connectivity index (χ4v) is 3.09. The van der Waals surface area contributed by atoms with Crippen molar-refractivity contribution in [3.8, 4) is 5.75 Å². The number of carboxylic acid groups (broad SMARTS) is 1. The molecule has 6 heteroatoms. The van der Waals surface area contributed by atoms with Crippen LogP contribution in [0.2, 0.25) is 0 Å².